The average Bonchev–Trinajstić information content (AvgIpc) is 3.20. The number of hydrogen-bond acceptors (Lipinski definition) is 6. The normalized spacial score (nSPS) is 11.7. The van der Waals surface area contributed by atoms with Crippen LogP contribution in [0.3, 0.4) is 0 Å². The Bertz CT molecular complexity index is 910. The third-order valence-corrected chi connectivity index (χ3v) is 4.24. The van der Waals surface area contributed by atoms with Gasteiger partial charge in [0.15, 0.2) is 6.10 Å². The van der Waals surface area contributed by atoms with Gasteiger partial charge in [-0.2, -0.15) is 4.98 Å². The standard InChI is InChI=1S/C20H20ClN3O4/c1-3-17(27-16-10-8-15(26-2)9-11-16)20(25)22-12-18-23-19(24-28-18)13-4-6-14(21)7-5-13/h4-11,17H,3,12H2,1-2H3,(H,22,25). The van der Waals surface area contributed by atoms with Crippen LogP contribution in [0.4, 0.5) is 0 Å². The summed E-state index contributed by atoms with van der Waals surface area (Å²) in [5.74, 6) is 1.79. The van der Waals surface area contributed by atoms with Crippen molar-refractivity contribution in [2.45, 2.75) is 26.0 Å². The van der Waals surface area contributed by atoms with Crippen LogP contribution in [0.25, 0.3) is 11.4 Å². The topological polar surface area (TPSA) is 86.5 Å². The molecule has 0 saturated carbocycles. The second-order valence-corrected chi connectivity index (χ2v) is 6.36. The van der Waals surface area contributed by atoms with Crippen LogP contribution in [0.5, 0.6) is 11.5 Å². The summed E-state index contributed by atoms with van der Waals surface area (Å²) in [6.07, 6.45) is -0.121. The predicted octanol–water partition coefficient (Wildman–Crippen LogP) is 3.87. The molecule has 1 atom stereocenters. The molecule has 3 rings (SSSR count). The van der Waals surface area contributed by atoms with E-state index in [1.807, 2.05) is 6.92 Å². The molecule has 3 aromatic rings. The summed E-state index contributed by atoms with van der Waals surface area (Å²) in [5.41, 5.74) is 0.778. The molecule has 1 aromatic heterocycles. The lowest BCUT2D eigenvalue weighted by atomic mass is 10.2. The molecule has 2 aromatic carbocycles. The van der Waals surface area contributed by atoms with Crippen LogP contribution in [0.15, 0.2) is 53.1 Å². The van der Waals surface area contributed by atoms with E-state index in [-0.39, 0.29) is 12.5 Å². The molecule has 8 heteroatoms. The molecule has 0 spiro atoms. The lowest BCUT2D eigenvalue weighted by molar-refractivity contribution is -0.128. The Labute approximate surface area is 167 Å². The molecule has 1 amide bonds. The molecule has 0 saturated heterocycles. The number of amides is 1. The van der Waals surface area contributed by atoms with Crippen molar-refractivity contribution in [3.05, 3.63) is 59.4 Å². The number of carbonyl (C=O) groups is 1. The monoisotopic (exact) mass is 401 g/mol. The molecule has 0 bridgehead atoms. The van der Waals surface area contributed by atoms with Gasteiger partial charge in [0, 0.05) is 10.6 Å². The summed E-state index contributed by atoms with van der Waals surface area (Å²) in [6.45, 7) is 1.99. The smallest absolute Gasteiger partial charge is 0.261 e. The lowest BCUT2D eigenvalue weighted by Gasteiger charge is -2.16. The maximum atomic E-state index is 12.4. The Hall–Kier alpha value is -3.06. The predicted molar refractivity (Wildman–Crippen MR) is 104 cm³/mol. The quantitative estimate of drug-likeness (QED) is 0.616. The van der Waals surface area contributed by atoms with Crippen molar-refractivity contribution in [3.8, 4) is 22.9 Å². The van der Waals surface area contributed by atoms with Gasteiger partial charge in [0.2, 0.25) is 11.7 Å². The van der Waals surface area contributed by atoms with Crippen LogP contribution in [-0.4, -0.2) is 29.3 Å². The third-order valence-electron chi connectivity index (χ3n) is 3.99. The summed E-state index contributed by atoms with van der Waals surface area (Å²) in [6, 6.07) is 14.1. The lowest BCUT2D eigenvalue weighted by Crippen LogP contribution is -2.37. The fraction of sp³-hybridized carbons (Fsp3) is 0.250. The molecular formula is C20H20ClN3O4. The molecule has 146 valence electrons. The molecule has 7 nitrogen and oxygen atoms in total. The maximum absolute atomic E-state index is 12.4. The van der Waals surface area contributed by atoms with Crippen molar-refractivity contribution in [1.29, 1.82) is 0 Å². The summed E-state index contributed by atoms with van der Waals surface area (Å²) in [5, 5.41) is 7.31. The summed E-state index contributed by atoms with van der Waals surface area (Å²) < 4.78 is 16.1. The van der Waals surface area contributed by atoms with E-state index < -0.39 is 6.10 Å². The average molecular weight is 402 g/mol. The van der Waals surface area contributed by atoms with Gasteiger partial charge in [0.1, 0.15) is 11.5 Å². The Balaban J connectivity index is 1.56. The van der Waals surface area contributed by atoms with Gasteiger partial charge in [-0.05, 0) is 55.0 Å². The Morgan fingerprint density at radius 2 is 1.82 bits per heavy atom. The molecule has 0 radical (unpaired) electrons. The molecule has 0 fully saturated rings. The minimum atomic E-state index is -0.632. The van der Waals surface area contributed by atoms with Gasteiger partial charge in [0.05, 0.1) is 13.7 Å². The number of benzene rings is 2. The molecule has 0 aliphatic carbocycles. The SMILES string of the molecule is CCC(Oc1ccc(OC)cc1)C(=O)NCc1nc(-c2ccc(Cl)cc2)no1. The number of nitrogens with zero attached hydrogens (tertiary/aromatic N) is 2. The summed E-state index contributed by atoms with van der Waals surface area (Å²) >= 11 is 5.88. The van der Waals surface area contributed by atoms with Gasteiger partial charge in [-0.25, -0.2) is 0 Å². The van der Waals surface area contributed by atoms with E-state index in [4.69, 9.17) is 25.6 Å². The molecular weight excluding hydrogens is 382 g/mol. The zero-order valence-electron chi connectivity index (χ0n) is 15.5. The first-order valence-electron chi connectivity index (χ1n) is 8.76. The minimum absolute atomic E-state index is 0.113. The van der Waals surface area contributed by atoms with E-state index in [2.05, 4.69) is 15.5 Å². The minimum Gasteiger partial charge on any atom is -0.497 e. The highest BCUT2D eigenvalue weighted by Gasteiger charge is 2.19. The molecule has 0 aliphatic heterocycles. The zero-order chi connectivity index (χ0) is 19.9. The molecule has 0 aliphatic rings. The second-order valence-electron chi connectivity index (χ2n) is 5.93. The molecule has 1 N–H and O–H groups in total. The highest BCUT2D eigenvalue weighted by atomic mass is 35.5. The number of ether oxygens (including phenoxy) is 2. The molecule has 28 heavy (non-hydrogen) atoms. The number of halogens is 1. The number of methoxy groups -OCH3 is 1. The van der Waals surface area contributed by atoms with Gasteiger partial charge >= 0.3 is 0 Å². The number of carbonyl (C=O) groups excluding carboxylic acids is 1. The van der Waals surface area contributed by atoms with E-state index >= 15 is 0 Å². The van der Waals surface area contributed by atoms with E-state index in [0.29, 0.717) is 28.9 Å². The van der Waals surface area contributed by atoms with Crippen molar-refractivity contribution in [1.82, 2.24) is 15.5 Å². The highest BCUT2D eigenvalue weighted by Crippen LogP contribution is 2.20. The highest BCUT2D eigenvalue weighted by molar-refractivity contribution is 6.30. The Kier molecular flexibility index (Phi) is 6.49. The van der Waals surface area contributed by atoms with Crippen molar-refractivity contribution >= 4 is 17.5 Å². The van der Waals surface area contributed by atoms with Crippen LogP contribution in [-0.2, 0) is 11.3 Å². The van der Waals surface area contributed by atoms with Crippen molar-refractivity contribution in [3.63, 3.8) is 0 Å². The fourth-order valence-corrected chi connectivity index (χ4v) is 2.59. The van der Waals surface area contributed by atoms with Crippen LogP contribution >= 0.6 is 11.6 Å². The Morgan fingerprint density at radius 3 is 2.46 bits per heavy atom. The van der Waals surface area contributed by atoms with Crippen molar-refractivity contribution in [2.24, 2.45) is 0 Å². The first-order chi connectivity index (χ1) is 13.6. The number of hydrogen-bond donors (Lipinski definition) is 1. The zero-order valence-corrected chi connectivity index (χ0v) is 16.3. The van der Waals surface area contributed by atoms with Crippen LogP contribution < -0.4 is 14.8 Å². The molecule has 1 heterocycles. The number of rotatable bonds is 8. The van der Waals surface area contributed by atoms with E-state index in [1.165, 1.54) is 0 Å². The maximum Gasteiger partial charge on any atom is 0.261 e. The van der Waals surface area contributed by atoms with E-state index in [9.17, 15) is 4.79 Å². The third kappa shape index (κ3) is 5.01. The summed E-state index contributed by atoms with van der Waals surface area (Å²) in [7, 11) is 1.59. The summed E-state index contributed by atoms with van der Waals surface area (Å²) in [4.78, 5) is 16.7. The first kappa shape index (κ1) is 19.7. The molecule has 1 unspecified atom stereocenters. The van der Waals surface area contributed by atoms with Crippen molar-refractivity contribution < 1.29 is 18.8 Å². The van der Waals surface area contributed by atoms with Gasteiger partial charge in [0.25, 0.3) is 5.91 Å². The number of aromatic nitrogens is 2. The van der Waals surface area contributed by atoms with Crippen molar-refractivity contribution in [2.75, 3.05) is 7.11 Å². The fourth-order valence-electron chi connectivity index (χ4n) is 2.46. The van der Waals surface area contributed by atoms with Gasteiger partial charge in [-0.1, -0.05) is 23.7 Å². The largest absolute Gasteiger partial charge is 0.497 e. The van der Waals surface area contributed by atoms with Crippen LogP contribution in [0, 0.1) is 0 Å². The van der Waals surface area contributed by atoms with Gasteiger partial charge < -0.3 is 19.3 Å². The number of nitrogens with one attached hydrogen (secondary N) is 1. The van der Waals surface area contributed by atoms with Gasteiger partial charge in [-0.15, -0.1) is 0 Å². The van der Waals surface area contributed by atoms with E-state index in [1.54, 1.807) is 55.6 Å². The van der Waals surface area contributed by atoms with Crippen LogP contribution in [0.2, 0.25) is 5.02 Å². The second kappa shape index (κ2) is 9.23. The Morgan fingerprint density at radius 1 is 1.14 bits per heavy atom. The first-order valence-corrected chi connectivity index (χ1v) is 9.13. The van der Waals surface area contributed by atoms with Gasteiger partial charge in [-0.3, -0.25) is 4.79 Å². The van der Waals surface area contributed by atoms with Crippen LogP contribution in [0.1, 0.15) is 19.2 Å². The van der Waals surface area contributed by atoms with E-state index in [0.717, 1.165) is 11.3 Å².